The van der Waals surface area contributed by atoms with Gasteiger partial charge in [0.15, 0.2) is 0 Å². The summed E-state index contributed by atoms with van der Waals surface area (Å²) < 4.78 is 6.10. The van der Waals surface area contributed by atoms with Crippen LogP contribution < -0.4 is 4.74 Å². The summed E-state index contributed by atoms with van der Waals surface area (Å²) >= 11 is 0. The number of hydrogen-bond acceptors (Lipinski definition) is 2. The van der Waals surface area contributed by atoms with E-state index in [1.54, 1.807) is 6.08 Å². The van der Waals surface area contributed by atoms with Gasteiger partial charge in [-0.15, -0.1) is 0 Å². The first kappa shape index (κ1) is 15.0. The van der Waals surface area contributed by atoms with Gasteiger partial charge in [-0.3, -0.25) is 0 Å². The molecule has 1 aliphatic rings. The van der Waals surface area contributed by atoms with Crippen LogP contribution in [0, 0.1) is 0 Å². The minimum absolute atomic E-state index is 0.498. The van der Waals surface area contributed by atoms with E-state index in [4.69, 9.17) is 4.74 Å². The molecule has 3 aromatic carbocycles. The van der Waals surface area contributed by atoms with Crippen LogP contribution in [0.5, 0.6) is 5.75 Å². The molecule has 0 radical (unpaired) electrons. The molecule has 2 nitrogen and oxygen atoms in total. The predicted octanol–water partition coefficient (Wildman–Crippen LogP) is 5.43. The Hall–Kier alpha value is -2.58. The fourth-order valence-electron chi connectivity index (χ4n) is 3.24. The molecule has 0 saturated carbocycles. The van der Waals surface area contributed by atoms with Crippen molar-refractivity contribution < 1.29 is 9.84 Å². The SMILES string of the molecule is CC(C)c1ccc(C2=CC(O)c3c(ccc4ccccc34)O2)cc1. The van der Waals surface area contributed by atoms with Crippen molar-refractivity contribution in [2.24, 2.45) is 0 Å². The summed E-state index contributed by atoms with van der Waals surface area (Å²) in [6, 6.07) is 20.4. The zero-order valence-corrected chi connectivity index (χ0v) is 13.9. The van der Waals surface area contributed by atoms with E-state index in [0.29, 0.717) is 11.7 Å². The molecule has 1 unspecified atom stereocenters. The minimum Gasteiger partial charge on any atom is -0.457 e. The number of hydrogen-bond donors (Lipinski definition) is 1. The molecule has 1 N–H and O–H groups in total. The number of aliphatic hydroxyl groups excluding tert-OH is 1. The van der Waals surface area contributed by atoms with Crippen LogP contribution in [-0.2, 0) is 0 Å². The number of ether oxygens (including phenoxy) is 1. The van der Waals surface area contributed by atoms with Crippen molar-refractivity contribution in [2.45, 2.75) is 25.9 Å². The molecule has 0 fully saturated rings. The van der Waals surface area contributed by atoms with Gasteiger partial charge in [-0.25, -0.2) is 0 Å². The van der Waals surface area contributed by atoms with Crippen LogP contribution in [0.4, 0.5) is 0 Å². The van der Waals surface area contributed by atoms with Crippen molar-refractivity contribution in [3.63, 3.8) is 0 Å². The summed E-state index contributed by atoms with van der Waals surface area (Å²) in [4.78, 5) is 0. The highest BCUT2D eigenvalue weighted by Crippen LogP contribution is 2.40. The first-order chi connectivity index (χ1) is 11.6. The van der Waals surface area contributed by atoms with Crippen molar-refractivity contribution in [2.75, 3.05) is 0 Å². The van der Waals surface area contributed by atoms with Gasteiger partial charge in [0.2, 0.25) is 0 Å². The van der Waals surface area contributed by atoms with Gasteiger partial charge < -0.3 is 9.84 Å². The lowest BCUT2D eigenvalue weighted by Crippen LogP contribution is -2.09. The van der Waals surface area contributed by atoms with Crippen LogP contribution in [0.25, 0.3) is 16.5 Å². The maximum atomic E-state index is 10.7. The maximum Gasteiger partial charge on any atom is 0.134 e. The summed E-state index contributed by atoms with van der Waals surface area (Å²) in [5, 5.41) is 12.8. The van der Waals surface area contributed by atoms with Crippen LogP contribution in [-0.4, -0.2) is 5.11 Å². The van der Waals surface area contributed by atoms with Gasteiger partial charge in [-0.05, 0) is 34.4 Å². The number of fused-ring (bicyclic) bond motifs is 3. The highest BCUT2D eigenvalue weighted by molar-refractivity contribution is 5.89. The summed E-state index contributed by atoms with van der Waals surface area (Å²) in [7, 11) is 0. The Labute approximate surface area is 142 Å². The molecule has 1 aliphatic heterocycles. The lowest BCUT2D eigenvalue weighted by atomic mass is 9.95. The minimum atomic E-state index is -0.667. The zero-order valence-electron chi connectivity index (χ0n) is 13.9. The highest BCUT2D eigenvalue weighted by Gasteiger charge is 2.23. The first-order valence-corrected chi connectivity index (χ1v) is 8.33. The number of aliphatic hydroxyl groups is 1. The van der Waals surface area contributed by atoms with E-state index in [9.17, 15) is 5.11 Å². The molecule has 0 saturated heterocycles. The lowest BCUT2D eigenvalue weighted by Gasteiger charge is -2.24. The molecule has 1 heterocycles. The van der Waals surface area contributed by atoms with E-state index in [1.165, 1.54) is 5.56 Å². The number of rotatable bonds is 2. The number of benzene rings is 3. The van der Waals surface area contributed by atoms with E-state index in [1.807, 2.05) is 36.4 Å². The molecule has 0 spiro atoms. The first-order valence-electron chi connectivity index (χ1n) is 8.33. The van der Waals surface area contributed by atoms with Gasteiger partial charge in [-0.1, -0.05) is 68.4 Å². The Balaban J connectivity index is 1.75. The molecule has 0 aromatic heterocycles. The molecule has 120 valence electrons. The molecule has 3 aromatic rings. The third-order valence-corrected chi connectivity index (χ3v) is 4.62. The second-order valence-corrected chi connectivity index (χ2v) is 6.55. The van der Waals surface area contributed by atoms with Crippen LogP contribution in [0.1, 0.15) is 42.6 Å². The Morgan fingerprint density at radius 2 is 1.67 bits per heavy atom. The molecule has 0 bridgehead atoms. The van der Waals surface area contributed by atoms with Gasteiger partial charge in [-0.2, -0.15) is 0 Å². The monoisotopic (exact) mass is 316 g/mol. The topological polar surface area (TPSA) is 29.5 Å². The van der Waals surface area contributed by atoms with Crippen molar-refractivity contribution in [1.29, 1.82) is 0 Å². The third kappa shape index (κ3) is 2.49. The molecule has 24 heavy (non-hydrogen) atoms. The third-order valence-electron chi connectivity index (χ3n) is 4.62. The summed E-state index contributed by atoms with van der Waals surface area (Å²) in [5.41, 5.74) is 3.12. The van der Waals surface area contributed by atoms with Crippen molar-refractivity contribution >= 4 is 16.5 Å². The molecule has 1 atom stereocenters. The molecule has 2 heteroatoms. The van der Waals surface area contributed by atoms with Crippen LogP contribution in [0.15, 0.2) is 66.7 Å². The maximum absolute atomic E-state index is 10.7. The van der Waals surface area contributed by atoms with Gasteiger partial charge in [0.25, 0.3) is 0 Å². The van der Waals surface area contributed by atoms with E-state index >= 15 is 0 Å². The fourth-order valence-corrected chi connectivity index (χ4v) is 3.24. The second kappa shape index (κ2) is 5.81. The fraction of sp³-hybridized carbons (Fsp3) is 0.182. The van der Waals surface area contributed by atoms with Crippen LogP contribution in [0.3, 0.4) is 0 Å². The standard InChI is InChI=1S/C22H20O2/c1-14(2)15-7-9-17(10-8-15)21-13-19(23)22-18-6-4-3-5-16(18)11-12-20(22)24-21/h3-14,19,23H,1-2H3. The van der Waals surface area contributed by atoms with Crippen LogP contribution >= 0.6 is 0 Å². The van der Waals surface area contributed by atoms with Crippen LogP contribution in [0.2, 0.25) is 0 Å². The smallest absolute Gasteiger partial charge is 0.134 e. The average Bonchev–Trinajstić information content (AvgIpc) is 2.61. The molecule has 4 rings (SSSR count). The normalized spacial score (nSPS) is 16.7. The highest BCUT2D eigenvalue weighted by atomic mass is 16.5. The van der Waals surface area contributed by atoms with Gasteiger partial charge in [0, 0.05) is 11.1 Å². The Kier molecular flexibility index (Phi) is 3.62. The van der Waals surface area contributed by atoms with E-state index < -0.39 is 6.10 Å². The Morgan fingerprint density at radius 3 is 2.42 bits per heavy atom. The summed E-state index contributed by atoms with van der Waals surface area (Å²) in [5.74, 6) is 1.94. The van der Waals surface area contributed by atoms with Crippen molar-refractivity contribution in [1.82, 2.24) is 0 Å². The molecular formula is C22H20O2. The Morgan fingerprint density at radius 1 is 0.917 bits per heavy atom. The molecule has 0 amide bonds. The summed E-state index contributed by atoms with van der Waals surface area (Å²) in [6.45, 7) is 4.35. The summed E-state index contributed by atoms with van der Waals surface area (Å²) in [6.07, 6.45) is 1.12. The zero-order chi connectivity index (χ0) is 16.7. The molecule has 0 aliphatic carbocycles. The second-order valence-electron chi connectivity index (χ2n) is 6.55. The quantitative estimate of drug-likeness (QED) is 0.683. The van der Waals surface area contributed by atoms with Gasteiger partial charge in [0.1, 0.15) is 17.6 Å². The average molecular weight is 316 g/mol. The van der Waals surface area contributed by atoms with E-state index in [2.05, 4.69) is 38.1 Å². The predicted molar refractivity (Wildman–Crippen MR) is 98.0 cm³/mol. The van der Waals surface area contributed by atoms with Crippen molar-refractivity contribution in [3.8, 4) is 5.75 Å². The van der Waals surface area contributed by atoms with Crippen molar-refractivity contribution in [3.05, 3.63) is 83.4 Å². The Bertz CT molecular complexity index is 920. The molecular weight excluding hydrogens is 296 g/mol. The van der Waals surface area contributed by atoms with E-state index in [0.717, 1.165) is 27.6 Å². The van der Waals surface area contributed by atoms with Gasteiger partial charge in [0.05, 0.1) is 0 Å². The van der Waals surface area contributed by atoms with E-state index in [-0.39, 0.29) is 0 Å². The lowest BCUT2D eigenvalue weighted by molar-refractivity contribution is 0.219. The van der Waals surface area contributed by atoms with Gasteiger partial charge >= 0.3 is 0 Å². The largest absolute Gasteiger partial charge is 0.457 e.